The summed E-state index contributed by atoms with van der Waals surface area (Å²) in [5, 5.41) is 0.368. The molecule has 26 heavy (non-hydrogen) atoms. The zero-order valence-electron chi connectivity index (χ0n) is 13.8. The van der Waals surface area contributed by atoms with Gasteiger partial charge in [0.05, 0.1) is 13.2 Å². The minimum Gasteiger partial charge on any atom is -0.373 e. The van der Waals surface area contributed by atoms with Gasteiger partial charge in [-0.15, -0.1) is 0 Å². The van der Waals surface area contributed by atoms with Gasteiger partial charge >= 0.3 is 6.18 Å². The average Bonchev–Trinajstić information content (AvgIpc) is 2.55. The third-order valence-corrected chi connectivity index (χ3v) is 5.20. The number of nitrogens with zero attached hydrogens (tertiary/aromatic N) is 2. The highest BCUT2D eigenvalue weighted by Crippen LogP contribution is 2.41. The Morgan fingerprint density at radius 1 is 1.27 bits per heavy atom. The minimum atomic E-state index is -4.48. The predicted molar refractivity (Wildman–Crippen MR) is 94.2 cm³/mol. The lowest BCUT2D eigenvalue weighted by Gasteiger charge is -2.29. The van der Waals surface area contributed by atoms with Crippen molar-refractivity contribution in [2.45, 2.75) is 30.3 Å². The molecule has 0 saturated carbocycles. The Morgan fingerprint density at radius 3 is 2.62 bits per heavy atom. The summed E-state index contributed by atoms with van der Waals surface area (Å²) in [5.41, 5.74) is 0.501. The maximum Gasteiger partial charge on any atom is 0.408 e. The summed E-state index contributed by atoms with van der Waals surface area (Å²) in [6.45, 7) is 1.17. The van der Waals surface area contributed by atoms with Crippen LogP contribution in [0, 0.1) is 0 Å². The summed E-state index contributed by atoms with van der Waals surface area (Å²) in [6, 6.07) is 6.77. The Balaban J connectivity index is 1.88. The number of halogens is 4. The molecule has 0 radical (unpaired) electrons. The topological polar surface area (TPSA) is 34.5 Å². The first kappa shape index (κ1) is 19.3. The van der Waals surface area contributed by atoms with Gasteiger partial charge in [0.1, 0.15) is 6.04 Å². The van der Waals surface area contributed by atoms with Crippen molar-refractivity contribution in [2.75, 3.05) is 13.7 Å². The quantitative estimate of drug-likeness (QED) is 0.713. The first-order valence-electron chi connectivity index (χ1n) is 7.80. The number of ether oxygens (including phenoxy) is 1. The lowest BCUT2D eigenvalue weighted by Crippen LogP contribution is -2.32. The second kappa shape index (κ2) is 7.64. The van der Waals surface area contributed by atoms with E-state index in [0.29, 0.717) is 28.8 Å². The van der Waals surface area contributed by atoms with Gasteiger partial charge in [0.2, 0.25) is 0 Å². The van der Waals surface area contributed by atoms with Crippen molar-refractivity contribution in [3.8, 4) is 0 Å². The zero-order valence-corrected chi connectivity index (χ0v) is 15.4. The van der Waals surface area contributed by atoms with Crippen LogP contribution < -0.4 is 5.56 Å². The van der Waals surface area contributed by atoms with E-state index < -0.39 is 12.2 Å². The van der Waals surface area contributed by atoms with Crippen LogP contribution in [0.5, 0.6) is 0 Å². The summed E-state index contributed by atoms with van der Waals surface area (Å²) in [7, 11) is 1.35. The van der Waals surface area contributed by atoms with Gasteiger partial charge in [-0.25, -0.2) is 4.31 Å². The number of hydrogen-bond donors (Lipinski definition) is 0. The third-order valence-electron chi connectivity index (χ3n) is 4.01. The molecule has 0 N–H and O–H groups in total. The first-order chi connectivity index (χ1) is 12.3. The van der Waals surface area contributed by atoms with Crippen LogP contribution in [0.2, 0.25) is 5.02 Å². The molecule has 3 rings (SSSR count). The van der Waals surface area contributed by atoms with E-state index in [1.54, 1.807) is 10.6 Å². The number of fused-ring (bicyclic) bond motifs is 1. The standard InChI is InChI=1S/C17H16ClF3N2O2S/c1-22(16(17(19,20)21)11-2-4-12(18)5-3-11)26-14-8-13-10-25-7-6-23(13)15(24)9-14/h2-5,8-9,16H,6-7,10H2,1H3. The Morgan fingerprint density at radius 2 is 1.96 bits per heavy atom. The van der Waals surface area contributed by atoms with E-state index in [-0.39, 0.29) is 17.7 Å². The highest BCUT2D eigenvalue weighted by molar-refractivity contribution is 7.97. The van der Waals surface area contributed by atoms with Crippen LogP contribution in [0.4, 0.5) is 13.2 Å². The van der Waals surface area contributed by atoms with E-state index >= 15 is 0 Å². The van der Waals surface area contributed by atoms with Gasteiger partial charge in [-0.1, -0.05) is 23.7 Å². The van der Waals surface area contributed by atoms with Crippen molar-refractivity contribution < 1.29 is 17.9 Å². The molecule has 2 heterocycles. The Bertz CT molecular complexity index is 839. The van der Waals surface area contributed by atoms with E-state index in [0.717, 1.165) is 16.3 Å². The molecule has 0 fully saturated rings. The van der Waals surface area contributed by atoms with Gasteiger partial charge in [0.15, 0.2) is 0 Å². The number of rotatable bonds is 4. The van der Waals surface area contributed by atoms with Crippen molar-refractivity contribution >= 4 is 23.5 Å². The fourth-order valence-electron chi connectivity index (χ4n) is 2.85. The molecule has 0 bridgehead atoms. The van der Waals surface area contributed by atoms with Crippen molar-refractivity contribution in [3.05, 3.63) is 63.0 Å². The highest BCUT2D eigenvalue weighted by atomic mass is 35.5. The van der Waals surface area contributed by atoms with Crippen LogP contribution in [0.1, 0.15) is 17.3 Å². The van der Waals surface area contributed by atoms with Crippen molar-refractivity contribution in [1.29, 1.82) is 0 Å². The van der Waals surface area contributed by atoms with Gasteiger partial charge < -0.3 is 9.30 Å². The number of alkyl halides is 3. The molecule has 2 aromatic rings. The fourth-order valence-corrected chi connectivity index (χ4v) is 4.00. The minimum absolute atomic E-state index is 0.0786. The van der Waals surface area contributed by atoms with Gasteiger partial charge in [-0.3, -0.25) is 4.79 Å². The van der Waals surface area contributed by atoms with Crippen LogP contribution in [0.25, 0.3) is 0 Å². The summed E-state index contributed by atoms with van der Waals surface area (Å²) in [5.74, 6) is 0. The molecule has 1 unspecified atom stereocenters. The third kappa shape index (κ3) is 4.25. The van der Waals surface area contributed by atoms with Gasteiger partial charge in [-0.05, 0) is 42.8 Å². The normalized spacial score (nSPS) is 15.8. The molecular weight excluding hydrogens is 389 g/mol. The van der Waals surface area contributed by atoms with Gasteiger partial charge in [0.25, 0.3) is 5.56 Å². The second-order valence-corrected chi connectivity index (χ2v) is 7.52. The smallest absolute Gasteiger partial charge is 0.373 e. The molecule has 0 spiro atoms. The molecular formula is C17H16ClF3N2O2S. The maximum absolute atomic E-state index is 13.6. The first-order valence-corrected chi connectivity index (χ1v) is 8.95. The molecule has 140 valence electrons. The van der Waals surface area contributed by atoms with Crippen LogP contribution >= 0.6 is 23.5 Å². The summed E-state index contributed by atoms with van der Waals surface area (Å²) < 4.78 is 48.9. The fraction of sp³-hybridized carbons (Fsp3) is 0.353. The van der Waals surface area contributed by atoms with E-state index in [9.17, 15) is 18.0 Å². The van der Waals surface area contributed by atoms with Crippen LogP contribution in [-0.2, 0) is 17.9 Å². The molecule has 0 saturated heterocycles. The summed E-state index contributed by atoms with van der Waals surface area (Å²) in [4.78, 5) is 12.6. The lowest BCUT2D eigenvalue weighted by molar-refractivity contribution is -0.169. The average molecular weight is 405 g/mol. The summed E-state index contributed by atoms with van der Waals surface area (Å²) in [6.07, 6.45) is -4.48. The Hall–Kier alpha value is -1.48. The lowest BCUT2D eigenvalue weighted by atomic mass is 10.1. The SMILES string of the molecule is CN(Sc1cc2n(c(=O)c1)CCOC2)C(c1ccc(Cl)cc1)C(F)(F)F. The number of benzene rings is 1. The Kier molecular flexibility index (Phi) is 5.67. The van der Waals surface area contributed by atoms with E-state index in [4.69, 9.17) is 16.3 Å². The monoisotopic (exact) mass is 404 g/mol. The van der Waals surface area contributed by atoms with Crippen LogP contribution in [0.3, 0.4) is 0 Å². The van der Waals surface area contributed by atoms with Crippen molar-refractivity contribution in [3.63, 3.8) is 0 Å². The van der Waals surface area contributed by atoms with Crippen molar-refractivity contribution in [1.82, 2.24) is 8.87 Å². The highest BCUT2D eigenvalue weighted by Gasteiger charge is 2.44. The van der Waals surface area contributed by atoms with Crippen LogP contribution in [-0.4, -0.2) is 28.7 Å². The number of aromatic nitrogens is 1. The molecule has 1 aromatic heterocycles. The predicted octanol–water partition coefficient (Wildman–Crippen LogP) is 4.27. The number of pyridine rings is 1. The zero-order chi connectivity index (χ0) is 18.9. The van der Waals surface area contributed by atoms with Gasteiger partial charge in [0, 0.05) is 28.2 Å². The van der Waals surface area contributed by atoms with E-state index in [1.165, 1.54) is 37.4 Å². The maximum atomic E-state index is 13.6. The molecule has 0 aliphatic carbocycles. The molecule has 9 heteroatoms. The second-order valence-electron chi connectivity index (χ2n) is 5.86. The molecule has 1 aromatic carbocycles. The van der Waals surface area contributed by atoms with E-state index in [1.807, 2.05) is 0 Å². The molecule has 0 amide bonds. The Labute approximate surface area is 157 Å². The summed E-state index contributed by atoms with van der Waals surface area (Å²) >= 11 is 6.65. The molecule has 1 atom stereocenters. The molecule has 1 aliphatic heterocycles. The molecule has 1 aliphatic rings. The molecule has 4 nitrogen and oxygen atoms in total. The van der Waals surface area contributed by atoms with Crippen molar-refractivity contribution in [2.24, 2.45) is 0 Å². The largest absolute Gasteiger partial charge is 0.408 e. The number of hydrogen-bond acceptors (Lipinski definition) is 4. The van der Waals surface area contributed by atoms with E-state index in [2.05, 4.69) is 0 Å². The van der Waals surface area contributed by atoms with Crippen LogP contribution in [0.15, 0.2) is 46.1 Å². The van der Waals surface area contributed by atoms with Gasteiger partial charge in [-0.2, -0.15) is 13.2 Å².